The molecule has 0 amide bonds. The van der Waals surface area contributed by atoms with Crippen molar-refractivity contribution in [1.29, 1.82) is 0 Å². The summed E-state index contributed by atoms with van der Waals surface area (Å²) < 4.78 is 5.59. The van der Waals surface area contributed by atoms with Crippen molar-refractivity contribution in [3.63, 3.8) is 0 Å². The summed E-state index contributed by atoms with van der Waals surface area (Å²) in [6.45, 7) is 5.91. The molecule has 0 fully saturated rings. The third kappa shape index (κ3) is 4.02. The molecule has 0 spiro atoms. The first-order valence-electron chi connectivity index (χ1n) is 7.37. The third-order valence-corrected chi connectivity index (χ3v) is 3.28. The fourth-order valence-electron chi connectivity index (χ4n) is 2.12. The van der Waals surface area contributed by atoms with Crippen molar-refractivity contribution in [3.05, 3.63) is 59.7 Å². The van der Waals surface area contributed by atoms with Crippen LogP contribution in [0.3, 0.4) is 0 Å². The van der Waals surface area contributed by atoms with Crippen molar-refractivity contribution in [2.45, 2.75) is 33.2 Å². The molecule has 2 heteroatoms. The standard InChI is InChI=1S/C18H23NO/c1-3-13-20-17-11-9-15(10-12-17)14-19-18-8-6-5-7-16(18)4-2/h5-12,19H,3-4,13-14H2,1-2H3. The summed E-state index contributed by atoms with van der Waals surface area (Å²) in [5.74, 6) is 0.949. The van der Waals surface area contributed by atoms with Crippen LogP contribution in [0, 0.1) is 0 Å². The van der Waals surface area contributed by atoms with Crippen molar-refractivity contribution in [1.82, 2.24) is 0 Å². The molecule has 0 heterocycles. The molecule has 2 rings (SSSR count). The second kappa shape index (κ2) is 7.59. The number of rotatable bonds is 7. The van der Waals surface area contributed by atoms with E-state index in [-0.39, 0.29) is 0 Å². The van der Waals surface area contributed by atoms with Crippen LogP contribution in [0.5, 0.6) is 5.75 Å². The predicted octanol–water partition coefficient (Wildman–Crippen LogP) is 4.65. The van der Waals surface area contributed by atoms with Crippen LogP contribution in [0.15, 0.2) is 48.5 Å². The molecule has 0 saturated carbocycles. The normalized spacial score (nSPS) is 10.3. The minimum absolute atomic E-state index is 0.779. The summed E-state index contributed by atoms with van der Waals surface area (Å²) >= 11 is 0. The monoisotopic (exact) mass is 269 g/mol. The minimum atomic E-state index is 0.779. The van der Waals surface area contributed by atoms with Crippen LogP contribution >= 0.6 is 0 Å². The van der Waals surface area contributed by atoms with Crippen LogP contribution in [0.2, 0.25) is 0 Å². The highest BCUT2D eigenvalue weighted by Gasteiger charge is 2.00. The maximum absolute atomic E-state index is 5.59. The molecule has 0 radical (unpaired) electrons. The van der Waals surface area contributed by atoms with Gasteiger partial charge < -0.3 is 10.1 Å². The zero-order chi connectivity index (χ0) is 14.2. The molecule has 2 aromatic carbocycles. The summed E-state index contributed by atoms with van der Waals surface area (Å²) in [5, 5.41) is 3.50. The Morgan fingerprint density at radius 3 is 2.40 bits per heavy atom. The highest BCUT2D eigenvalue weighted by Crippen LogP contribution is 2.18. The van der Waals surface area contributed by atoms with Gasteiger partial charge in [-0.1, -0.05) is 44.2 Å². The molecule has 0 saturated heterocycles. The van der Waals surface area contributed by atoms with Gasteiger partial charge in [0.1, 0.15) is 5.75 Å². The molecule has 0 aromatic heterocycles. The lowest BCUT2D eigenvalue weighted by molar-refractivity contribution is 0.317. The van der Waals surface area contributed by atoms with Gasteiger partial charge in [-0.25, -0.2) is 0 Å². The largest absolute Gasteiger partial charge is 0.494 e. The molecule has 0 aliphatic rings. The average Bonchev–Trinajstić information content (AvgIpc) is 2.52. The van der Waals surface area contributed by atoms with E-state index in [0.717, 1.165) is 31.7 Å². The van der Waals surface area contributed by atoms with E-state index in [2.05, 4.69) is 55.6 Å². The van der Waals surface area contributed by atoms with Gasteiger partial charge in [-0.15, -0.1) is 0 Å². The van der Waals surface area contributed by atoms with Gasteiger partial charge in [-0.05, 0) is 42.2 Å². The second-order valence-corrected chi connectivity index (χ2v) is 4.86. The maximum atomic E-state index is 5.59. The summed E-state index contributed by atoms with van der Waals surface area (Å²) in [7, 11) is 0. The van der Waals surface area contributed by atoms with Crippen LogP contribution in [0.4, 0.5) is 5.69 Å². The van der Waals surface area contributed by atoms with Crippen LogP contribution < -0.4 is 10.1 Å². The van der Waals surface area contributed by atoms with Gasteiger partial charge in [0.2, 0.25) is 0 Å². The number of hydrogen-bond donors (Lipinski definition) is 1. The van der Waals surface area contributed by atoms with Gasteiger partial charge in [0.15, 0.2) is 0 Å². The average molecular weight is 269 g/mol. The van der Waals surface area contributed by atoms with Crippen molar-refractivity contribution in [2.24, 2.45) is 0 Å². The Bertz CT molecular complexity index is 519. The molecule has 2 nitrogen and oxygen atoms in total. The summed E-state index contributed by atoms with van der Waals surface area (Å²) in [5.41, 5.74) is 3.84. The lowest BCUT2D eigenvalue weighted by Crippen LogP contribution is -2.02. The van der Waals surface area contributed by atoms with Crippen molar-refractivity contribution < 1.29 is 4.74 Å². The molecule has 106 valence electrons. The number of benzene rings is 2. The number of hydrogen-bond acceptors (Lipinski definition) is 2. The fourth-order valence-corrected chi connectivity index (χ4v) is 2.12. The Balaban J connectivity index is 1.93. The van der Waals surface area contributed by atoms with Crippen LogP contribution in [0.1, 0.15) is 31.4 Å². The third-order valence-electron chi connectivity index (χ3n) is 3.28. The zero-order valence-electron chi connectivity index (χ0n) is 12.4. The minimum Gasteiger partial charge on any atom is -0.494 e. The molecule has 0 aliphatic carbocycles. The number of nitrogens with one attached hydrogen (secondary N) is 1. The Morgan fingerprint density at radius 1 is 0.950 bits per heavy atom. The predicted molar refractivity (Wildman–Crippen MR) is 85.4 cm³/mol. The van der Waals surface area contributed by atoms with Crippen LogP contribution in [-0.4, -0.2) is 6.61 Å². The van der Waals surface area contributed by atoms with E-state index >= 15 is 0 Å². The van der Waals surface area contributed by atoms with Crippen LogP contribution in [-0.2, 0) is 13.0 Å². The maximum Gasteiger partial charge on any atom is 0.119 e. The first kappa shape index (κ1) is 14.4. The Labute approximate surface area is 121 Å². The molecule has 2 aromatic rings. The van der Waals surface area contributed by atoms with E-state index in [9.17, 15) is 0 Å². The van der Waals surface area contributed by atoms with Crippen molar-refractivity contribution >= 4 is 5.69 Å². The summed E-state index contributed by atoms with van der Waals surface area (Å²) in [6, 6.07) is 16.8. The van der Waals surface area contributed by atoms with Gasteiger partial charge in [0.05, 0.1) is 6.61 Å². The Morgan fingerprint density at radius 2 is 1.70 bits per heavy atom. The first-order chi connectivity index (χ1) is 9.83. The van der Waals surface area contributed by atoms with E-state index in [1.165, 1.54) is 16.8 Å². The van der Waals surface area contributed by atoms with Gasteiger partial charge in [0, 0.05) is 12.2 Å². The smallest absolute Gasteiger partial charge is 0.119 e. The van der Waals surface area contributed by atoms with E-state index in [1.807, 2.05) is 12.1 Å². The molecule has 0 bridgehead atoms. The van der Waals surface area contributed by atoms with E-state index in [1.54, 1.807) is 0 Å². The molecular weight excluding hydrogens is 246 g/mol. The number of ether oxygens (including phenoxy) is 1. The van der Waals surface area contributed by atoms with Crippen molar-refractivity contribution in [2.75, 3.05) is 11.9 Å². The van der Waals surface area contributed by atoms with Gasteiger partial charge in [0.25, 0.3) is 0 Å². The Kier molecular flexibility index (Phi) is 5.48. The first-order valence-corrected chi connectivity index (χ1v) is 7.37. The number of anilines is 1. The van der Waals surface area contributed by atoms with Gasteiger partial charge >= 0.3 is 0 Å². The highest BCUT2D eigenvalue weighted by atomic mass is 16.5. The summed E-state index contributed by atoms with van der Waals surface area (Å²) in [6.07, 6.45) is 2.09. The molecule has 0 atom stereocenters. The van der Waals surface area contributed by atoms with E-state index in [4.69, 9.17) is 4.74 Å². The molecule has 20 heavy (non-hydrogen) atoms. The van der Waals surface area contributed by atoms with Gasteiger partial charge in [-0.2, -0.15) is 0 Å². The molecule has 0 unspecified atom stereocenters. The Hall–Kier alpha value is -1.96. The SMILES string of the molecule is CCCOc1ccc(CNc2ccccc2CC)cc1. The molecule has 1 N–H and O–H groups in total. The summed E-state index contributed by atoms with van der Waals surface area (Å²) in [4.78, 5) is 0. The highest BCUT2D eigenvalue weighted by molar-refractivity contribution is 5.51. The zero-order valence-corrected chi connectivity index (χ0v) is 12.4. The van der Waals surface area contributed by atoms with Gasteiger partial charge in [-0.3, -0.25) is 0 Å². The van der Waals surface area contributed by atoms with Crippen LogP contribution in [0.25, 0.3) is 0 Å². The topological polar surface area (TPSA) is 21.3 Å². The molecular formula is C18H23NO. The lowest BCUT2D eigenvalue weighted by atomic mass is 10.1. The molecule has 0 aliphatic heterocycles. The fraction of sp³-hybridized carbons (Fsp3) is 0.333. The lowest BCUT2D eigenvalue weighted by Gasteiger charge is -2.11. The van der Waals surface area contributed by atoms with E-state index in [0.29, 0.717) is 0 Å². The van der Waals surface area contributed by atoms with E-state index < -0.39 is 0 Å². The number of aryl methyl sites for hydroxylation is 1. The van der Waals surface area contributed by atoms with Crippen molar-refractivity contribution in [3.8, 4) is 5.75 Å². The number of para-hydroxylation sites is 1. The quantitative estimate of drug-likeness (QED) is 0.790. The second-order valence-electron chi connectivity index (χ2n) is 4.86.